The molecular formula is C22H30ClN3O3. The van der Waals surface area contributed by atoms with Crippen LogP contribution in [-0.2, 0) is 4.74 Å². The molecule has 1 saturated heterocycles. The van der Waals surface area contributed by atoms with Crippen molar-refractivity contribution >= 4 is 23.5 Å². The lowest BCUT2D eigenvalue weighted by Gasteiger charge is -2.48. The van der Waals surface area contributed by atoms with Crippen LogP contribution in [-0.4, -0.2) is 40.8 Å². The molecule has 4 rings (SSSR count). The Labute approximate surface area is 177 Å². The monoisotopic (exact) mass is 419 g/mol. The number of rotatable bonds is 4. The summed E-state index contributed by atoms with van der Waals surface area (Å²) in [6.45, 7) is 7.22. The Balaban J connectivity index is 0.00000240. The molecule has 0 amide bonds. The van der Waals surface area contributed by atoms with Gasteiger partial charge in [0.05, 0.1) is 23.3 Å². The van der Waals surface area contributed by atoms with Crippen LogP contribution in [0.3, 0.4) is 0 Å². The SMILES string of the molecule is CCO[C@H]1CC[C@](C)(N2CCC(n3c(=O)oc4ccc(C#N)cc43)CC2)CC1.Cl. The number of ether oxygens (including phenoxy) is 1. The van der Waals surface area contributed by atoms with Crippen molar-refractivity contribution in [1.82, 2.24) is 9.47 Å². The van der Waals surface area contributed by atoms with Gasteiger partial charge in [-0.3, -0.25) is 9.47 Å². The quantitative estimate of drug-likeness (QED) is 0.740. The van der Waals surface area contributed by atoms with Crippen LogP contribution in [0, 0.1) is 11.3 Å². The molecule has 1 aliphatic heterocycles. The highest BCUT2D eigenvalue weighted by molar-refractivity contribution is 5.85. The predicted octanol–water partition coefficient (Wildman–Crippen LogP) is 4.26. The van der Waals surface area contributed by atoms with Crippen LogP contribution in [0.15, 0.2) is 27.4 Å². The molecule has 1 aliphatic carbocycles. The van der Waals surface area contributed by atoms with Crippen molar-refractivity contribution < 1.29 is 9.15 Å². The molecule has 0 spiro atoms. The van der Waals surface area contributed by atoms with Crippen LogP contribution < -0.4 is 5.76 Å². The number of benzene rings is 1. The smallest absolute Gasteiger partial charge is 0.408 e. The molecule has 2 fully saturated rings. The molecule has 0 unspecified atom stereocenters. The van der Waals surface area contributed by atoms with Gasteiger partial charge in [-0.15, -0.1) is 12.4 Å². The molecule has 1 aromatic carbocycles. The first-order valence-electron chi connectivity index (χ1n) is 10.5. The van der Waals surface area contributed by atoms with E-state index in [1.807, 2.05) is 0 Å². The highest BCUT2D eigenvalue weighted by Crippen LogP contribution is 2.38. The van der Waals surface area contributed by atoms with Crippen molar-refractivity contribution in [2.75, 3.05) is 19.7 Å². The first-order valence-corrected chi connectivity index (χ1v) is 10.5. The Kier molecular flexibility index (Phi) is 6.72. The number of piperidine rings is 1. The number of hydrogen-bond acceptors (Lipinski definition) is 5. The summed E-state index contributed by atoms with van der Waals surface area (Å²) in [5.41, 5.74) is 2.09. The molecule has 0 atom stereocenters. The van der Waals surface area contributed by atoms with E-state index in [0.717, 1.165) is 50.9 Å². The molecule has 0 radical (unpaired) electrons. The maximum absolute atomic E-state index is 12.5. The number of hydrogen-bond donors (Lipinski definition) is 0. The lowest BCUT2D eigenvalue weighted by Crippen LogP contribution is -2.52. The molecule has 158 valence electrons. The molecule has 7 heteroatoms. The summed E-state index contributed by atoms with van der Waals surface area (Å²) >= 11 is 0. The first-order chi connectivity index (χ1) is 13.5. The van der Waals surface area contributed by atoms with Crippen molar-refractivity contribution in [1.29, 1.82) is 5.26 Å². The summed E-state index contributed by atoms with van der Waals surface area (Å²) in [6, 6.07) is 7.46. The zero-order chi connectivity index (χ0) is 19.7. The van der Waals surface area contributed by atoms with Gasteiger partial charge in [-0.05, 0) is 70.6 Å². The Hall–Kier alpha value is -1.81. The summed E-state index contributed by atoms with van der Waals surface area (Å²) < 4.78 is 13.0. The van der Waals surface area contributed by atoms with Crippen LogP contribution in [0.25, 0.3) is 11.1 Å². The second-order valence-corrected chi connectivity index (χ2v) is 8.40. The highest BCUT2D eigenvalue weighted by atomic mass is 35.5. The third-order valence-corrected chi connectivity index (χ3v) is 6.75. The Bertz CT molecular complexity index is 929. The van der Waals surface area contributed by atoms with E-state index < -0.39 is 0 Å². The second-order valence-electron chi connectivity index (χ2n) is 8.40. The largest absolute Gasteiger partial charge is 0.420 e. The average Bonchev–Trinajstić information content (AvgIpc) is 3.05. The lowest BCUT2D eigenvalue weighted by atomic mass is 9.79. The van der Waals surface area contributed by atoms with Gasteiger partial charge in [-0.25, -0.2) is 4.79 Å². The molecule has 1 saturated carbocycles. The minimum absolute atomic E-state index is 0. The highest BCUT2D eigenvalue weighted by Gasteiger charge is 2.38. The number of halogens is 1. The molecular weight excluding hydrogens is 390 g/mol. The number of nitriles is 1. The van der Waals surface area contributed by atoms with E-state index in [0.29, 0.717) is 17.3 Å². The van der Waals surface area contributed by atoms with Crippen molar-refractivity contribution in [3.63, 3.8) is 0 Å². The summed E-state index contributed by atoms with van der Waals surface area (Å²) in [5, 5.41) is 9.18. The van der Waals surface area contributed by atoms with Gasteiger partial charge in [0.15, 0.2) is 5.58 Å². The standard InChI is InChI=1S/C22H29N3O3.ClH/c1-3-27-18-6-10-22(2,11-7-18)24-12-8-17(9-13-24)25-19-14-16(15-23)4-5-20(19)28-21(25)26;/h4-5,14,17-18H,3,6-13H2,1-2H3;1H/t18-,22-;. The average molecular weight is 420 g/mol. The summed E-state index contributed by atoms with van der Waals surface area (Å²) in [4.78, 5) is 15.1. The number of likely N-dealkylation sites (tertiary alicyclic amines) is 1. The number of fused-ring (bicyclic) bond motifs is 1. The summed E-state index contributed by atoms with van der Waals surface area (Å²) in [7, 11) is 0. The van der Waals surface area contributed by atoms with Crippen molar-refractivity contribution in [3.05, 3.63) is 34.3 Å². The van der Waals surface area contributed by atoms with Gasteiger partial charge in [-0.2, -0.15) is 5.26 Å². The normalized spacial score (nSPS) is 26.2. The molecule has 2 heterocycles. The van der Waals surface area contributed by atoms with Crippen molar-refractivity contribution in [2.24, 2.45) is 0 Å². The van der Waals surface area contributed by atoms with Gasteiger partial charge < -0.3 is 9.15 Å². The van der Waals surface area contributed by atoms with Crippen LogP contribution in [0.5, 0.6) is 0 Å². The van der Waals surface area contributed by atoms with E-state index in [1.165, 1.54) is 12.8 Å². The van der Waals surface area contributed by atoms with E-state index in [4.69, 9.17) is 9.15 Å². The second kappa shape index (κ2) is 8.91. The molecule has 29 heavy (non-hydrogen) atoms. The Morgan fingerprint density at radius 1 is 1.24 bits per heavy atom. The third-order valence-electron chi connectivity index (χ3n) is 6.75. The van der Waals surface area contributed by atoms with Crippen LogP contribution in [0.1, 0.15) is 64.0 Å². The number of aromatic nitrogens is 1. The van der Waals surface area contributed by atoms with E-state index in [2.05, 4.69) is 24.8 Å². The van der Waals surface area contributed by atoms with E-state index in [-0.39, 0.29) is 29.7 Å². The third kappa shape index (κ3) is 4.23. The fourth-order valence-electron chi connectivity index (χ4n) is 5.04. The molecule has 1 aromatic heterocycles. The van der Waals surface area contributed by atoms with Gasteiger partial charge in [0, 0.05) is 31.3 Å². The molecule has 2 aliphatic rings. The summed E-state index contributed by atoms with van der Waals surface area (Å²) in [5.74, 6) is -0.313. The number of nitrogens with zero attached hydrogens (tertiary/aromatic N) is 3. The van der Waals surface area contributed by atoms with Crippen LogP contribution >= 0.6 is 12.4 Å². The first kappa shape index (κ1) is 21.9. The molecule has 0 bridgehead atoms. The molecule has 6 nitrogen and oxygen atoms in total. The topological polar surface area (TPSA) is 71.4 Å². The zero-order valence-electron chi connectivity index (χ0n) is 17.2. The minimum atomic E-state index is -0.313. The van der Waals surface area contributed by atoms with Crippen molar-refractivity contribution in [3.8, 4) is 6.07 Å². The summed E-state index contributed by atoms with van der Waals surface area (Å²) in [6.07, 6.45) is 6.87. The molecule has 2 aromatic rings. The predicted molar refractivity (Wildman–Crippen MR) is 115 cm³/mol. The Morgan fingerprint density at radius 3 is 2.55 bits per heavy atom. The number of oxazole rings is 1. The maximum Gasteiger partial charge on any atom is 0.420 e. The van der Waals surface area contributed by atoms with E-state index in [9.17, 15) is 10.1 Å². The Morgan fingerprint density at radius 2 is 1.93 bits per heavy atom. The fourth-order valence-corrected chi connectivity index (χ4v) is 5.04. The van der Waals surface area contributed by atoms with Crippen molar-refractivity contribution in [2.45, 2.75) is 70.1 Å². The fraction of sp³-hybridized carbons (Fsp3) is 0.636. The van der Waals surface area contributed by atoms with Gasteiger partial charge in [-0.1, -0.05) is 0 Å². The minimum Gasteiger partial charge on any atom is -0.408 e. The van der Waals surface area contributed by atoms with Gasteiger partial charge in [0.2, 0.25) is 0 Å². The maximum atomic E-state index is 12.5. The molecule has 0 N–H and O–H groups in total. The van der Waals surface area contributed by atoms with Crippen LogP contribution in [0.4, 0.5) is 0 Å². The lowest BCUT2D eigenvalue weighted by molar-refractivity contribution is -0.0274. The van der Waals surface area contributed by atoms with Gasteiger partial charge >= 0.3 is 5.76 Å². The van der Waals surface area contributed by atoms with Crippen LogP contribution in [0.2, 0.25) is 0 Å². The van der Waals surface area contributed by atoms with Gasteiger partial charge in [0.25, 0.3) is 0 Å². The van der Waals surface area contributed by atoms with E-state index in [1.54, 1.807) is 22.8 Å². The van der Waals surface area contributed by atoms with Gasteiger partial charge in [0.1, 0.15) is 0 Å². The van der Waals surface area contributed by atoms with E-state index >= 15 is 0 Å². The zero-order valence-corrected chi connectivity index (χ0v) is 18.0.